The number of hydrogen-bond donors (Lipinski definition) is 0. The second kappa shape index (κ2) is 8.08. The fourth-order valence-electron chi connectivity index (χ4n) is 3.58. The van der Waals surface area contributed by atoms with Crippen molar-refractivity contribution in [3.63, 3.8) is 0 Å². The van der Waals surface area contributed by atoms with E-state index in [2.05, 4.69) is 28.1 Å². The van der Waals surface area contributed by atoms with Crippen molar-refractivity contribution in [3.05, 3.63) is 65.9 Å². The molecule has 3 aromatic heterocycles. The van der Waals surface area contributed by atoms with Crippen molar-refractivity contribution in [1.82, 2.24) is 24.1 Å². The van der Waals surface area contributed by atoms with Gasteiger partial charge in [0.05, 0.1) is 24.6 Å². The molecule has 0 bridgehead atoms. The molecular weight excluding hydrogens is 403 g/mol. The highest BCUT2D eigenvalue weighted by Gasteiger charge is 2.22. The highest BCUT2D eigenvalue weighted by Crippen LogP contribution is 2.29. The Morgan fingerprint density at radius 3 is 2.80 bits per heavy atom. The molecule has 0 N–H and O–H groups in total. The van der Waals surface area contributed by atoms with Crippen LogP contribution in [0.3, 0.4) is 0 Å². The van der Waals surface area contributed by atoms with E-state index in [0.717, 1.165) is 30.0 Å². The highest BCUT2D eigenvalue weighted by molar-refractivity contribution is 7.98. The summed E-state index contributed by atoms with van der Waals surface area (Å²) in [6.07, 6.45) is 4.02. The van der Waals surface area contributed by atoms with Gasteiger partial charge in [-0.1, -0.05) is 23.9 Å². The lowest BCUT2D eigenvalue weighted by molar-refractivity contribution is 0.122. The number of nitrogens with zero attached hydrogens (tertiary/aromatic N) is 6. The first-order valence-corrected chi connectivity index (χ1v) is 10.8. The van der Waals surface area contributed by atoms with Crippen LogP contribution in [0.4, 0.5) is 10.3 Å². The standard InChI is InChI=1S/C21H21FN6OS/c1-15-4-3-7-27-13-17(23-19(15)27)14-30-21-25-24-20(26-8-10-29-11-9-26)28(21)18-6-2-5-16(22)12-18/h2-7,12-13H,8-11,14H2,1H3. The molecule has 0 radical (unpaired) electrons. The van der Waals surface area contributed by atoms with Crippen LogP contribution in [0.5, 0.6) is 0 Å². The van der Waals surface area contributed by atoms with Crippen LogP contribution >= 0.6 is 11.8 Å². The van der Waals surface area contributed by atoms with Gasteiger partial charge in [0.1, 0.15) is 11.5 Å². The van der Waals surface area contributed by atoms with E-state index >= 15 is 0 Å². The number of halogens is 1. The monoisotopic (exact) mass is 424 g/mol. The van der Waals surface area contributed by atoms with Crippen molar-refractivity contribution in [2.45, 2.75) is 17.8 Å². The molecule has 0 atom stereocenters. The summed E-state index contributed by atoms with van der Waals surface area (Å²) in [5, 5.41) is 9.55. The van der Waals surface area contributed by atoms with Crippen molar-refractivity contribution < 1.29 is 9.13 Å². The number of thioether (sulfide) groups is 1. The molecule has 154 valence electrons. The molecule has 9 heteroatoms. The summed E-state index contributed by atoms with van der Waals surface area (Å²) in [5.74, 6) is 1.05. The third-order valence-corrected chi connectivity index (χ3v) is 6.02. The summed E-state index contributed by atoms with van der Waals surface area (Å²) in [6.45, 7) is 4.78. The molecule has 1 saturated heterocycles. The van der Waals surface area contributed by atoms with Gasteiger partial charge in [-0.25, -0.2) is 9.37 Å². The van der Waals surface area contributed by atoms with Crippen molar-refractivity contribution in [3.8, 4) is 5.69 Å². The Bertz CT molecular complexity index is 1180. The summed E-state index contributed by atoms with van der Waals surface area (Å²) in [4.78, 5) is 6.86. The van der Waals surface area contributed by atoms with Crippen LogP contribution < -0.4 is 4.90 Å². The molecule has 0 saturated carbocycles. The highest BCUT2D eigenvalue weighted by atomic mass is 32.2. The lowest BCUT2D eigenvalue weighted by Gasteiger charge is -2.27. The van der Waals surface area contributed by atoms with E-state index in [1.807, 2.05) is 33.5 Å². The number of pyridine rings is 1. The Hall–Kier alpha value is -2.91. The Labute approximate surface area is 177 Å². The zero-order chi connectivity index (χ0) is 20.5. The first-order valence-electron chi connectivity index (χ1n) is 9.79. The van der Waals surface area contributed by atoms with E-state index in [1.165, 1.54) is 23.9 Å². The molecule has 0 aliphatic carbocycles. The second-order valence-corrected chi connectivity index (χ2v) is 8.08. The van der Waals surface area contributed by atoms with Gasteiger partial charge in [0.2, 0.25) is 5.95 Å². The first-order chi connectivity index (χ1) is 14.7. The van der Waals surface area contributed by atoms with Gasteiger partial charge in [0.15, 0.2) is 5.16 Å². The number of hydrogen-bond acceptors (Lipinski definition) is 6. The van der Waals surface area contributed by atoms with Gasteiger partial charge in [-0.05, 0) is 36.8 Å². The van der Waals surface area contributed by atoms with Gasteiger partial charge in [-0.3, -0.25) is 4.57 Å². The number of morpholine rings is 1. The zero-order valence-corrected chi connectivity index (χ0v) is 17.3. The molecule has 30 heavy (non-hydrogen) atoms. The van der Waals surface area contributed by atoms with Gasteiger partial charge in [-0.15, -0.1) is 10.2 Å². The third kappa shape index (κ3) is 3.66. The number of ether oxygens (including phenoxy) is 1. The number of rotatable bonds is 5. The molecule has 4 heterocycles. The number of benzene rings is 1. The Morgan fingerprint density at radius 1 is 1.13 bits per heavy atom. The van der Waals surface area contributed by atoms with Crippen molar-refractivity contribution in [1.29, 1.82) is 0 Å². The van der Waals surface area contributed by atoms with E-state index in [0.29, 0.717) is 35.8 Å². The predicted molar refractivity (Wildman–Crippen MR) is 114 cm³/mol. The van der Waals surface area contributed by atoms with Gasteiger partial charge in [0, 0.05) is 31.2 Å². The van der Waals surface area contributed by atoms with E-state index < -0.39 is 0 Å². The topological polar surface area (TPSA) is 60.5 Å². The molecule has 1 aliphatic rings. The Balaban J connectivity index is 1.47. The molecule has 7 nitrogen and oxygen atoms in total. The largest absolute Gasteiger partial charge is 0.378 e. The van der Waals surface area contributed by atoms with Gasteiger partial charge in [0.25, 0.3) is 0 Å². The average molecular weight is 425 g/mol. The summed E-state index contributed by atoms with van der Waals surface area (Å²) in [5.41, 5.74) is 3.74. The third-order valence-electron chi connectivity index (χ3n) is 5.05. The minimum atomic E-state index is -0.291. The molecular formula is C21H21FN6OS. The molecule has 0 amide bonds. The molecule has 4 aromatic rings. The van der Waals surface area contributed by atoms with Crippen LogP contribution in [0, 0.1) is 12.7 Å². The summed E-state index contributed by atoms with van der Waals surface area (Å²) in [7, 11) is 0. The number of aryl methyl sites for hydroxylation is 1. The zero-order valence-electron chi connectivity index (χ0n) is 16.5. The fraction of sp³-hybridized carbons (Fsp3) is 0.286. The molecule has 5 rings (SSSR count). The van der Waals surface area contributed by atoms with Crippen LogP contribution in [0.2, 0.25) is 0 Å². The quantitative estimate of drug-likeness (QED) is 0.457. The molecule has 1 fully saturated rings. The summed E-state index contributed by atoms with van der Waals surface area (Å²) < 4.78 is 23.4. The number of imidazole rings is 1. The lowest BCUT2D eigenvalue weighted by Crippen LogP contribution is -2.37. The number of anilines is 1. The van der Waals surface area contributed by atoms with Gasteiger partial charge in [-0.2, -0.15) is 0 Å². The maximum Gasteiger partial charge on any atom is 0.232 e. The van der Waals surface area contributed by atoms with Crippen molar-refractivity contribution >= 4 is 23.4 Å². The average Bonchev–Trinajstić information content (AvgIpc) is 3.38. The maximum absolute atomic E-state index is 14.0. The van der Waals surface area contributed by atoms with Crippen LogP contribution in [-0.4, -0.2) is 50.5 Å². The second-order valence-electron chi connectivity index (χ2n) is 7.14. The van der Waals surface area contributed by atoms with Gasteiger partial charge < -0.3 is 14.0 Å². The predicted octanol–water partition coefficient (Wildman–Crippen LogP) is 3.49. The van der Waals surface area contributed by atoms with Crippen LogP contribution in [-0.2, 0) is 10.5 Å². The smallest absolute Gasteiger partial charge is 0.232 e. The van der Waals surface area contributed by atoms with Crippen LogP contribution in [0.15, 0.2) is 53.9 Å². The number of aromatic nitrogens is 5. The SMILES string of the molecule is Cc1cccn2cc(CSc3nnc(N4CCOCC4)n3-c3cccc(F)c3)nc12. The molecule has 1 aliphatic heterocycles. The number of fused-ring (bicyclic) bond motifs is 1. The lowest BCUT2D eigenvalue weighted by atomic mass is 10.3. The van der Waals surface area contributed by atoms with E-state index in [-0.39, 0.29) is 5.82 Å². The normalized spacial score (nSPS) is 14.5. The summed E-state index contributed by atoms with van der Waals surface area (Å²) in [6, 6.07) is 10.6. The first kappa shape index (κ1) is 19.1. The van der Waals surface area contributed by atoms with Gasteiger partial charge >= 0.3 is 0 Å². The maximum atomic E-state index is 14.0. The summed E-state index contributed by atoms with van der Waals surface area (Å²) >= 11 is 1.54. The minimum absolute atomic E-state index is 0.291. The molecule has 0 unspecified atom stereocenters. The Morgan fingerprint density at radius 2 is 2.00 bits per heavy atom. The van der Waals surface area contributed by atoms with E-state index in [4.69, 9.17) is 9.72 Å². The Kier molecular flexibility index (Phi) is 5.14. The van der Waals surface area contributed by atoms with E-state index in [9.17, 15) is 4.39 Å². The van der Waals surface area contributed by atoms with Crippen LogP contribution in [0.25, 0.3) is 11.3 Å². The van der Waals surface area contributed by atoms with Crippen molar-refractivity contribution in [2.24, 2.45) is 0 Å². The van der Waals surface area contributed by atoms with E-state index in [1.54, 1.807) is 6.07 Å². The molecule has 1 aromatic carbocycles. The minimum Gasteiger partial charge on any atom is -0.378 e. The fourth-order valence-corrected chi connectivity index (χ4v) is 4.41. The van der Waals surface area contributed by atoms with Crippen molar-refractivity contribution in [2.75, 3.05) is 31.2 Å². The molecule has 0 spiro atoms. The van der Waals surface area contributed by atoms with Crippen LogP contribution in [0.1, 0.15) is 11.3 Å².